The molecule has 0 unspecified atom stereocenters. The summed E-state index contributed by atoms with van der Waals surface area (Å²) in [6, 6.07) is 0. The Labute approximate surface area is 84.9 Å². The van der Waals surface area contributed by atoms with Gasteiger partial charge < -0.3 is 15.4 Å². The largest absolute Gasteiger partial charge is 0.384 e. The molecular weight excluding hydrogens is 178 g/mol. The maximum absolute atomic E-state index is 7.45. The quantitative estimate of drug-likeness (QED) is 0.504. The van der Waals surface area contributed by atoms with Gasteiger partial charge in [-0.15, -0.1) is 0 Å². The maximum Gasteiger partial charge on any atom is 0.188 e. The van der Waals surface area contributed by atoms with Crippen molar-refractivity contribution in [1.82, 2.24) is 4.90 Å². The van der Waals surface area contributed by atoms with Gasteiger partial charge in [0, 0.05) is 26.1 Å². The van der Waals surface area contributed by atoms with Crippen LogP contribution in [0.4, 0.5) is 0 Å². The molecule has 1 saturated heterocycles. The Bertz CT molecular complexity index is 238. The lowest BCUT2D eigenvalue weighted by Crippen LogP contribution is -2.40. The average Bonchev–Trinajstić information content (AvgIpc) is 2.44. The smallest absolute Gasteiger partial charge is 0.188 e. The molecule has 2 rings (SSSR count). The molecule has 1 atom stereocenters. The number of ether oxygens (including phenoxy) is 1. The molecule has 0 bridgehead atoms. The third-order valence-corrected chi connectivity index (χ3v) is 3.87. The molecule has 4 heteroatoms. The molecule has 1 saturated carbocycles. The number of hydrogen-bond donors (Lipinski definition) is 2. The van der Waals surface area contributed by atoms with Crippen molar-refractivity contribution < 1.29 is 4.74 Å². The minimum absolute atomic E-state index is 0.217. The van der Waals surface area contributed by atoms with Gasteiger partial charge in [0.2, 0.25) is 0 Å². The Hall–Kier alpha value is -0.770. The van der Waals surface area contributed by atoms with E-state index in [1.807, 2.05) is 4.90 Å². The van der Waals surface area contributed by atoms with E-state index in [9.17, 15) is 0 Å². The number of hydrogen-bond acceptors (Lipinski definition) is 2. The molecule has 0 aromatic rings. The highest BCUT2D eigenvalue weighted by atomic mass is 16.5. The lowest BCUT2D eigenvalue weighted by atomic mass is 9.63. The molecule has 4 nitrogen and oxygen atoms in total. The van der Waals surface area contributed by atoms with E-state index >= 15 is 0 Å². The number of likely N-dealkylation sites (tertiary alicyclic amines) is 1. The van der Waals surface area contributed by atoms with E-state index in [-0.39, 0.29) is 5.96 Å². The molecule has 0 amide bonds. The molecule has 2 aliphatic rings. The third-order valence-electron chi connectivity index (χ3n) is 3.87. The molecule has 1 heterocycles. The van der Waals surface area contributed by atoms with E-state index in [0.29, 0.717) is 11.3 Å². The first-order chi connectivity index (χ1) is 6.68. The van der Waals surface area contributed by atoms with Gasteiger partial charge in [-0.05, 0) is 18.3 Å². The fourth-order valence-corrected chi connectivity index (χ4v) is 2.84. The number of methoxy groups -OCH3 is 1. The van der Waals surface area contributed by atoms with E-state index in [4.69, 9.17) is 15.9 Å². The van der Waals surface area contributed by atoms with Gasteiger partial charge in [0.15, 0.2) is 5.96 Å². The molecule has 1 aliphatic carbocycles. The van der Waals surface area contributed by atoms with Gasteiger partial charge in [0.25, 0.3) is 0 Å². The first kappa shape index (κ1) is 9.77. The standard InChI is InChI=1S/C10H19N3O/c1-14-6-8-5-13(9(11)12)7-10(8)3-2-4-10/h8H,2-7H2,1H3,(H3,11,12)/t8-/m0/s1. The summed E-state index contributed by atoms with van der Waals surface area (Å²) >= 11 is 0. The second-order valence-corrected chi connectivity index (χ2v) is 4.63. The van der Waals surface area contributed by atoms with Gasteiger partial charge in [0.05, 0.1) is 6.61 Å². The van der Waals surface area contributed by atoms with Crippen molar-refractivity contribution in [2.45, 2.75) is 19.3 Å². The van der Waals surface area contributed by atoms with Crippen LogP contribution in [-0.2, 0) is 4.74 Å². The van der Waals surface area contributed by atoms with Crippen LogP contribution in [0.2, 0.25) is 0 Å². The van der Waals surface area contributed by atoms with Crippen molar-refractivity contribution in [3.8, 4) is 0 Å². The summed E-state index contributed by atoms with van der Waals surface area (Å²) in [5, 5.41) is 7.45. The minimum atomic E-state index is 0.217. The monoisotopic (exact) mass is 197 g/mol. The summed E-state index contributed by atoms with van der Waals surface area (Å²) in [6.45, 7) is 2.68. The maximum atomic E-state index is 7.45. The zero-order chi connectivity index (χ0) is 10.2. The van der Waals surface area contributed by atoms with Crippen LogP contribution in [0, 0.1) is 16.7 Å². The van der Waals surface area contributed by atoms with E-state index in [2.05, 4.69) is 0 Å². The van der Waals surface area contributed by atoms with Crippen molar-refractivity contribution in [1.29, 1.82) is 5.41 Å². The minimum Gasteiger partial charge on any atom is -0.384 e. The number of nitrogens with one attached hydrogen (secondary N) is 1. The Balaban J connectivity index is 2.04. The summed E-state index contributed by atoms with van der Waals surface area (Å²) in [6.07, 6.45) is 3.89. The van der Waals surface area contributed by atoms with Crippen molar-refractivity contribution in [3.05, 3.63) is 0 Å². The molecule has 1 spiro atoms. The molecule has 0 radical (unpaired) electrons. The Kier molecular flexibility index (Phi) is 2.39. The predicted octanol–water partition coefficient (Wildman–Crippen LogP) is 0.628. The highest BCUT2D eigenvalue weighted by molar-refractivity contribution is 5.75. The summed E-state index contributed by atoms with van der Waals surface area (Å²) < 4.78 is 5.25. The molecule has 3 N–H and O–H groups in total. The fraction of sp³-hybridized carbons (Fsp3) is 0.900. The summed E-state index contributed by atoms with van der Waals surface area (Å²) in [7, 11) is 1.75. The lowest BCUT2D eigenvalue weighted by molar-refractivity contribution is 0.0374. The van der Waals surface area contributed by atoms with Crippen LogP contribution in [0.5, 0.6) is 0 Å². The van der Waals surface area contributed by atoms with Crippen molar-refractivity contribution in [2.75, 3.05) is 26.8 Å². The normalized spacial score (nSPS) is 29.2. The molecule has 1 aliphatic heterocycles. The van der Waals surface area contributed by atoms with E-state index < -0.39 is 0 Å². The van der Waals surface area contributed by atoms with Crippen LogP contribution >= 0.6 is 0 Å². The van der Waals surface area contributed by atoms with Crippen LogP contribution in [0.1, 0.15) is 19.3 Å². The van der Waals surface area contributed by atoms with Crippen molar-refractivity contribution >= 4 is 5.96 Å². The van der Waals surface area contributed by atoms with Crippen LogP contribution in [0.3, 0.4) is 0 Å². The van der Waals surface area contributed by atoms with Crippen molar-refractivity contribution in [3.63, 3.8) is 0 Å². The molecule has 80 valence electrons. The zero-order valence-electron chi connectivity index (χ0n) is 8.75. The Morgan fingerprint density at radius 2 is 2.36 bits per heavy atom. The van der Waals surface area contributed by atoms with Gasteiger partial charge in [-0.1, -0.05) is 6.42 Å². The molecule has 0 aromatic heterocycles. The van der Waals surface area contributed by atoms with Crippen LogP contribution in [0.15, 0.2) is 0 Å². The van der Waals surface area contributed by atoms with Crippen LogP contribution in [-0.4, -0.2) is 37.7 Å². The highest BCUT2D eigenvalue weighted by Gasteiger charge is 2.50. The molecule has 2 fully saturated rings. The van der Waals surface area contributed by atoms with Crippen molar-refractivity contribution in [2.24, 2.45) is 17.1 Å². The Morgan fingerprint density at radius 3 is 2.79 bits per heavy atom. The molecular formula is C10H19N3O. The lowest BCUT2D eigenvalue weighted by Gasteiger charge is -2.42. The van der Waals surface area contributed by atoms with Gasteiger partial charge in [-0.25, -0.2) is 0 Å². The summed E-state index contributed by atoms with van der Waals surface area (Å²) in [5.74, 6) is 0.792. The fourth-order valence-electron chi connectivity index (χ4n) is 2.84. The van der Waals surface area contributed by atoms with Gasteiger partial charge in [-0.2, -0.15) is 0 Å². The Morgan fingerprint density at radius 1 is 1.64 bits per heavy atom. The average molecular weight is 197 g/mol. The number of guanidine groups is 1. The second kappa shape index (κ2) is 3.42. The van der Waals surface area contributed by atoms with E-state index in [1.165, 1.54) is 19.3 Å². The number of nitrogens with two attached hydrogens (primary N) is 1. The van der Waals surface area contributed by atoms with E-state index in [1.54, 1.807) is 7.11 Å². The van der Waals surface area contributed by atoms with Crippen LogP contribution < -0.4 is 5.73 Å². The van der Waals surface area contributed by atoms with Gasteiger partial charge in [0.1, 0.15) is 0 Å². The number of nitrogens with zero attached hydrogens (tertiary/aromatic N) is 1. The van der Waals surface area contributed by atoms with Crippen LogP contribution in [0.25, 0.3) is 0 Å². The zero-order valence-corrected chi connectivity index (χ0v) is 8.75. The number of rotatable bonds is 2. The van der Waals surface area contributed by atoms with Gasteiger partial charge in [-0.3, -0.25) is 5.41 Å². The van der Waals surface area contributed by atoms with Gasteiger partial charge >= 0.3 is 0 Å². The summed E-state index contributed by atoms with van der Waals surface area (Å²) in [5.41, 5.74) is 5.94. The summed E-state index contributed by atoms with van der Waals surface area (Å²) in [4.78, 5) is 1.99. The third kappa shape index (κ3) is 1.38. The SMILES string of the molecule is COC[C@@H]1CN(C(=N)N)CC12CCC2. The predicted molar refractivity (Wildman–Crippen MR) is 55.1 cm³/mol. The topological polar surface area (TPSA) is 62.3 Å². The highest BCUT2D eigenvalue weighted by Crippen LogP contribution is 2.51. The molecule has 0 aromatic carbocycles. The first-order valence-corrected chi connectivity index (χ1v) is 5.26. The first-order valence-electron chi connectivity index (χ1n) is 5.26. The molecule has 14 heavy (non-hydrogen) atoms. The van der Waals surface area contributed by atoms with E-state index in [0.717, 1.165) is 19.7 Å². The second-order valence-electron chi connectivity index (χ2n) is 4.63.